The van der Waals surface area contributed by atoms with Crippen molar-refractivity contribution in [3.63, 3.8) is 0 Å². The molecule has 0 spiro atoms. The molecule has 5 heteroatoms. The molecule has 0 amide bonds. The van der Waals surface area contributed by atoms with Crippen LogP contribution >= 0.6 is 0 Å². The van der Waals surface area contributed by atoms with Crippen LogP contribution in [0.4, 0.5) is 0 Å². The van der Waals surface area contributed by atoms with E-state index in [1.54, 1.807) is 13.1 Å². The molecule has 1 aromatic heterocycles. The molecule has 1 aromatic carbocycles. The monoisotopic (exact) mass is 260 g/mol. The van der Waals surface area contributed by atoms with E-state index in [-0.39, 0.29) is 11.6 Å². The lowest BCUT2D eigenvalue weighted by Gasteiger charge is -2.04. The number of aromatic nitrogens is 2. The van der Waals surface area contributed by atoms with Gasteiger partial charge in [-0.3, -0.25) is 4.79 Å². The van der Waals surface area contributed by atoms with Gasteiger partial charge in [-0.05, 0) is 31.0 Å². The maximum atomic E-state index is 12.1. The number of nitrogens with zero attached hydrogens (tertiary/aromatic N) is 2. The van der Waals surface area contributed by atoms with E-state index in [0.717, 1.165) is 12.0 Å². The van der Waals surface area contributed by atoms with Crippen LogP contribution in [-0.2, 0) is 7.05 Å². The number of carbonyl (C=O) groups is 2. The normalized spacial score (nSPS) is 10.9. The zero-order valence-corrected chi connectivity index (χ0v) is 11.2. The van der Waals surface area contributed by atoms with E-state index in [2.05, 4.69) is 4.98 Å². The van der Waals surface area contributed by atoms with Crippen molar-refractivity contribution in [1.29, 1.82) is 0 Å². The number of aromatic carboxylic acids is 1. The van der Waals surface area contributed by atoms with E-state index >= 15 is 0 Å². The smallest absolute Gasteiger partial charge is 0.372 e. The van der Waals surface area contributed by atoms with E-state index in [0.29, 0.717) is 23.0 Å². The zero-order valence-electron chi connectivity index (χ0n) is 11.2. The second-order valence-electron chi connectivity index (χ2n) is 4.65. The van der Waals surface area contributed by atoms with Crippen LogP contribution in [0.5, 0.6) is 0 Å². The number of benzene rings is 1. The first-order valence-electron chi connectivity index (χ1n) is 6.19. The first-order chi connectivity index (χ1) is 8.95. The van der Waals surface area contributed by atoms with Crippen LogP contribution in [0.3, 0.4) is 0 Å². The summed E-state index contributed by atoms with van der Waals surface area (Å²) in [7, 11) is 1.65. The molecule has 0 bridgehead atoms. The minimum Gasteiger partial charge on any atom is -0.475 e. The maximum absolute atomic E-state index is 12.1. The van der Waals surface area contributed by atoms with Gasteiger partial charge < -0.3 is 9.67 Å². The third-order valence-corrected chi connectivity index (χ3v) is 3.10. The molecule has 0 saturated heterocycles. The van der Waals surface area contributed by atoms with Crippen LogP contribution in [0.2, 0.25) is 0 Å². The Morgan fingerprint density at radius 3 is 2.63 bits per heavy atom. The maximum Gasteiger partial charge on any atom is 0.372 e. The summed E-state index contributed by atoms with van der Waals surface area (Å²) in [5.41, 5.74) is 2.59. The average molecular weight is 260 g/mol. The standard InChI is InChI=1S/C14H16N2O3/c1-4-5-11(17)9-6-8(2)7-10-12(9)15-13(14(18)19)16(10)3/h6-7H,4-5H2,1-3H3,(H,18,19). The van der Waals surface area contributed by atoms with Gasteiger partial charge in [-0.1, -0.05) is 6.92 Å². The number of rotatable bonds is 4. The van der Waals surface area contributed by atoms with E-state index < -0.39 is 5.97 Å². The highest BCUT2D eigenvalue weighted by Crippen LogP contribution is 2.23. The molecule has 1 heterocycles. The van der Waals surface area contributed by atoms with Gasteiger partial charge in [-0.25, -0.2) is 9.78 Å². The van der Waals surface area contributed by atoms with Gasteiger partial charge in [0.05, 0.1) is 5.52 Å². The van der Waals surface area contributed by atoms with Crippen LogP contribution in [0.25, 0.3) is 11.0 Å². The molecule has 1 N–H and O–H groups in total. The molecular weight excluding hydrogens is 244 g/mol. The Bertz CT molecular complexity index is 671. The van der Waals surface area contributed by atoms with Gasteiger partial charge in [0, 0.05) is 19.0 Å². The third-order valence-electron chi connectivity index (χ3n) is 3.10. The summed E-state index contributed by atoms with van der Waals surface area (Å²) in [6.45, 7) is 3.82. The molecular formula is C14H16N2O3. The highest BCUT2D eigenvalue weighted by Gasteiger charge is 2.19. The Labute approximate surface area is 110 Å². The Balaban J connectivity index is 2.74. The van der Waals surface area contributed by atoms with Gasteiger partial charge >= 0.3 is 5.97 Å². The molecule has 0 aliphatic heterocycles. The molecule has 0 atom stereocenters. The number of fused-ring (bicyclic) bond motifs is 1. The Morgan fingerprint density at radius 2 is 2.05 bits per heavy atom. The predicted molar refractivity (Wildman–Crippen MR) is 71.6 cm³/mol. The largest absolute Gasteiger partial charge is 0.475 e. The zero-order chi connectivity index (χ0) is 14.2. The van der Waals surface area contributed by atoms with Crippen molar-refractivity contribution in [3.05, 3.63) is 29.1 Å². The molecule has 0 saturated carbocycles. The van der Waals surface area contributed by atoms with Crippen molar-refractivity contribution < 1.29 is 14.7 Å². The molecule has 0 radical (unpaired) electrons. The number of carboxylic acid groups (broad SMARTS) is 1. The summed E-state index contributed by atoms with van der Waals surface area (Å²) in [5, 5.41) is 9.10. The van der Waals surface area contributed by atoms with Gasteiger partial charge in [0.2, 0.25) is 5.82 Å². The molecule has 0 aliphatic carbocycles. The molecule has 0 fully saturated rings. The summed E-state index contributed by atoms with van der Waals surface area (Å²) in [4.78, 5) is 27.3. The van der Waals surface area contributed by atoms with E-state index in [1.165, 1.54) is 4.57 Å². The first-order valence-corrected chi connectivity index (χ1v) is 6.19. The number of aryl methyl sites for hydroxylation is 2. The topological polar surface area (TPSA) is 72.2 Å². The van der Waals surface area contributed by atoms with Gasteiger partial charge in [0.25, 0.3) is 0 Å². The van der Waals surface area contributed by atoms with Crippen molar-refractivity contribution in [2.75, 3.05) is 0 Å². The number of Topliss-reactive ketones (excluding diaryl/α,β-unsaturated/α-hetero) is 1. The molecule has 100 valence electrons. The number of imidazole rings is 1. The lowest BCUT2D eigenvalue weighted by atomic mass is 10.0. The van der Waals surface area contributed by atoms with E-state index in [1.807, 2.05) is 19.9 Å². The molecule has 19 heavy (non-hydrogen) atoms. The van der Waals surface area contributed by atoms with Gasteiger partial charge in [0.15, 0.2) is 5.78 Å². The summed E-state index contributed by atoms with van der Waals surface area (Å²) < 4.78 is 1.51. The average Bonchev–Trinajstić information content (AvgIpc) is 2.67. The van der Waals surface area contributed by atoms with Gasteiger partial charge in [-0.2, -0.15) is 0 Å². The van der Waals surface area contributed by atoms with Crippen LogP contribution < -0.4 is 0 Å². The van der Waals surface area contributed by atoms with Crippen molar-refractivity contribution >= 4 is 22.8 Å². The quantitative estimate of drug-likeness (QED) is 0.857. The van der Waals surface area contributed by atoms with Crippen molar-refractivity contribution in [1.82, 2.24) is 9.55 Å². The molecule has 2 rings (SSSR count). The van der Waals surface area contributed by atoms with Crippen LogP contribution in [0.15, 0.2) is 12.1 Å². The van der Waals surface area contributed by atoms with Crippen LogP contribution in [-0.4, -0.2) is 26.4 Å². The second kappa shape index (κ2) is 4.84. The lowest BCUT2D eigenvalue weighted by Crippen LogP contribution is -2.05. The molecule has 5 nitrogen and oxygen atoms in total. The molecule has 0 aliphatic rings. The summed E-state index contributed by atoms with van der Waals surface area (Å²) in [6, 6.07) is 3.62. The number of carboxylic acids is 1. The molecule has 2 aromatic rings. The number of carbonyl (C=O) groups excluding carboxylic acids is 1. The van der Waals surface area contributed by atoms with E-state index in [9.17, 15) is 9.59 Å². The van der Waals surface area contributed by atoms with Crippen molar-refractivity contribution in [2.24, 2.45) is 7.05 Å². The fourth-order valence-electron chi connectivity index (χ4n) is 2.19. The minimum absolute atomic E-state index is 0.00578. The van der Waals surface area contributed by atoms with Crippen LogP contribution in [0.1, 0.15) is 46.3 Å². The Hall–Kier alpha value is -2.17. The summed E-state index contributed by atoms with van der Waals surface area (Å²) in [5.74, 6) is -1.14. The highest BCUT2D eigenvalue weighted by atomic mass is 16.4. The van der Waals surface area contributed by atoms with Crippen LogP contribution in [0, 0.1) is 6.92 Å². The fourth-order valence-corrected chi connectivity index (χ4v) is 2.19. The van der Waals surface area contributed by atoms with Crippen molar-refractivity contribution in [3.8, 4) is 0 Å². The van der Waals surface area contributed by atoms with Gasteiger partial charge in [0.1, 0.15) is 5.52 Å². The molecule has 0 unspecified atom stereocenters. The first kappa shape index (κ1) is 13.3. The SMILES string of the molecule is CCCC(=O)c1cc(C)cc2c1nc(C(=O)O)n2C. The Kier molecular flexibility index (Phi) is 3.38. The lowest BCUT2D eigenvalue weighted by molar-refractivity contribution is 0.0680. The van der Waals surface area contributed by atoms with Gasteiger partial charge in [-0.15, -0.1) is 0 Å². The minimum atomic E-state index is -1.09. The second-order valence-corrected chi connectivity index (χ2v) is 4.65. The number of ketones is 1. The number of hydrogen-bond acceptors (Lipinski definition) is 3. The fraction of sp³-hybridized carbons (Fsp3) is 0.357. The summed E-state index contributed by atoms with van der Waals surface area (Å²) in [6.07, 6.45) is 1.20. The Morgan fingerprint density at radius 1 is 1.37 bits per heavy atom. The number of hydrogen-bond donors (Lipinski definition) is 1. The highest BCUT2D eigenvalue weighted by molar-refractivity contribution is 6.07. The van der Waals surface area contributed by atoms with Crippen molar-refractivity contribution in [2.45, 2.75) is 26.7 Å². The third kappa shape index (κ3) is 2.23. The predicted octanol–water partition coefficient (Wildman–Crippen LogP) is 2.56. The summed E-state index contributed by atoms with van der Waals surface area (Å²) >= 11 is 0. The van der Waals surface area contributed by atoms with E-state index in [4.69, 9.17) is 5.11 Å².